The fourth-order valence-corrected chi connectivity index (χ4v) is 4.05. The summed E-state index contributed by atoms with van der Waals surface area (Å²) in [7, 11) is 0. The molecule has 2 heterocycles. The van der Waals surface area contributed by atoms with E-state index >= 15 is 0 Å². The first kappa shape index (κ1) is 19.1. The number of piperidine rings is 1. The highest BCUT2D eigenvalue weighted by molar-refractivity contribution is 6.38. The molecule has 1 aromatic carbocycles. The van der Waals surface area contributed by atoms with Crippen molar-refractivity contribution in [2.75, 3.05) is 24.6 Å². The molecule has 1 aromatic rings. The summed E-state index contributed by atoms with van der Waals surface area (Å²) >= 11 is 12.1. The topological polar surface area (TPSA) is 66.9 Å². The summed E-state index contributed by atoms with van der Waals surface area (Å²) in [5.41, 5.74) is 0.340. The molecule has 0 aliphatic carbocycles. The minimum atomic E-state index is -0.577. The molecule has 0 N–H and O–H groups in total. The number of amides is 2. The van der Waals surface area contributed by atoms with E-state index in [1.807, 2.05) is 4.90 Å². The number of rotatable bonds is 4. The van der Waals surface area contributed by atoms with Crippen LogP contribution in [0.3, 0.4) is 0 Å². The van der Waals surface area contributed by atoms with Crippen molar-refractivity contribution in [2.45, 2.75) is 32.2 Å². The SMILES string of the molecule is CCOC(=O)C1CCCN(C2CC(=O)N(c3ccc(Cl)cc3Cl)C2=O)C1. The number of benzene rings is 1. The average Bonchev–Trinajstić information content (AvgIpc) is 2.90. The fourth-order valence-electron chi connectivity index (χ4n) is 3.56. The van der Waals surface area contributed by atoms with Crippen molar-refractivity contribution in [3.05, 3.63) is 28.2 Å². The molecular weight excluding hydrogens is 379 g/mol. The zero-order valence-corrected chi connectivity index (χ0v) is 15.9. The zero-order chi connectivity index (χ0) is 18.8. The van der Waals surface area contributed by atoms with Gasteiger partial charge in [0.25, 0.3) is 5.91 Å². The molecule has 140 valence electrons. The zero-order valence-electron chi connectivity index (χ0n) is 14.4. The lowest BCUT2D eigenvalue weighted by Crippen LogP contribution is -2.48. The van der Waals surface area contributed by atoms with Gasteiger partial charge in [-0.2, -0.15) is 0 Å². The lowest BCUT2D eigenvalue weighted by Gasteiger charge is -2.34. The van der Waals surface area contributed by atoms with Crippen LogP contribution in [0.15, 0.2) is 18.2 Å². The van der Waals surface area contributed by atoms with E-state index in [1.165, 1.54) is 6.07 Å². The van der Waals surface area contributed by atoms with Crippen LogP contribution in [0.1, 0.15) is 26.2 Å². The van der Waals surface area contributed by atoms with Gasteiger partial charge in [0, 0.05) is 11.6 Å². The van der Waals surface area contributed by atoms with Crippen molar-refractivity contribution < 1.29 is 19.1 Å². The van der Waals surface area contributed by atoms with E-state index in [2.05, 4.69) is 0 Å². The molecule has 2 unspecified atom stereocenters. The third-order valence-corrected chi connectivity index (χ3v) is 5.32. The molecule has 3 rings (SSSR count). The van der Waals surface area contributed by atoms with E-state index in [1.54, 1.807) is 19.1 Å². The van der Waals surface area contributed by atoms with Gasteiger partial charge in [0.15, 0.2) is 0 Å². The third kappa shape index (κ3) is 3.72. The molecule has 26 heavy (non-hydrogen) atoms. The second kappa shape index (κ2) is 7.94. The number of halogens is 2. The van der Waals surface area contributed by atoms with E-state index in [4.69, 9.17) is 27.9 Å². The Kier molecular flexibility index (Phi) is 5.85. The first-order chi connectivity index (χ1) is 12.4. The second-order valence-corrected chi connectivity index (χ2v) is 7.31. The predicted molar refractivity (Wildman–Crippen MR) is 98.3 cm³/mol. The highest BCUT2D eigenvalue weighted by Crippen LogP contribution is 2.34. The van der Waals surface area contributed by atoms with Crippen LogP contribution >= 0.6 is 23.2 Å². The van der Waals surface area contributed by atoms with Gasteiger partial charge in [0.05, 0.1) is 35.7 Å². The number of esters is 1. The molecule has 0 bridgehead atoms. The maximum Gasteiger partial charge on any atom is 0.310 e. The number of hydrogen-bond donors (Lipinski definition) is 0. The van der Waals surface area contributed by atoms with Gasteiger partial charge < -0.3 is 4.74 Å². The van der Waals surface area contributed by atoms with Crippen LogP contribution in [0.2, 0.25) is 10.0 Å². The van der Waals surface area contributed by atoms with Gasteiger partial charge in [-0.25, -0.2) is 4.90 Å². The van der Waals surface area contributed by atoms with E-state index in [0.29, 0.717) is 30.4 Å². The van der Waals surface area contributed by atoms with Crippen LogP contribution < -0.4 is 4.90 Å². The molecule has 2 aliphatic heterocycles. The summed E-state index contributed by atoms with van der Waals surface area (Å²) in [6, 6.07) is 4.09. The van der Waals surface area contributed by atoms with Gasteiger partial charge in [0.1, 0.15) is 0 Å². The van der Waals surface area contributed by atoms with Gasteiger partial charge >= 0.3 is 5.97 Å². The molecule has 0 aromatic heterocycles. The Morgan fingerprint density at radius 1 is 1.31 bits per heavy atom. The number of imide groups is 1. The largest absolute Gasteiger partial charge is 0.466 e. The average molecular weight is 399 g/mol. The third-order valence-electron chi connectivity index (χ3n) is 4.79. The molecule has 0 saturated carbocycles. The van der Waals surface area contributed by atoms with Gasteiger partial charge in [0.2, 0.25) is 5.91 Å². The molecule has 8 heteroatoms. The standard InChI is InChI=1S/C18H20Cl2N2O4/c1-2-26-18(25)11-4-3-7-21(10-11)15-9-16(23)22(17(15)24)14-6-5-12(19)8-13(14)20/h5-6,8,11,15H,2-4,7,9-10H2,1H3. The molecule has 2 saturated heterocycles. The first-order valence-corrected chi connectivity index (χ1v) is 9.40. The van der Waals surface area contributed by atoms with Gasteiger partial charge in [-0.15, -0.1) is 0 Å². The van der Waals surface area contributed by atoms with Crippen molar-refractivity contribution >= 4 is 46.7 Å². The Morgan fingerprint density at radius 2 is 2.08 bits per heavy atom. The van der Waals surface area contributed by atoms with Crippen molar-refractivity contribution in [2.24, 2.45) is 5.92 Å². The number of anilines is 1. The Morgan fingerprint density at radius 3 is 2.77 bits per heavy atom. The minimum absolute atomic E-state index is 0.0767. The summed E-state index contributed by atoms with van der Waals surface area (Å²) in [5.74, 6) is -1.13. The first-order valence-electron chi connectivity index (χ1n) is 8.65. The number of ether oxygens (including phenoxy) is 1. The normalized spacial score (nSPS) is 24.2. The Balaban J connectivity index is 1.77. The predicted octanol–water partition coefficient (Wildman–Crippen LogP) is 2.90. The molecule has 2 fully saturated rings. The second-order valence-electron chi connectivity index (χ2n) is 6.47. The van der Waals surface area contributed by atoms with Crippen LogP contribution in [0.25, 0.3) is 0 Å². The summed E-state index contributed by atoms with van der Waals surface area (Å²) in [6.45, 7) is 3.19. The molecule has 2 aliphatic rings. The van der Waals surface area contributed by atoms with E-state index < -0.39 is 6.04 Å². The van der Waals surface area contributed by atoms with Gasteiger partial charge in [-0.05, 0) is 44.5 Å². The molecule has 2 atom stereocenters. The number of carbonyl (C=O) groups is 3. The quantitative estimate of drug-likeness (QED) is 0.576. The highest BCUT2D eigenvalue weighted by Gasteiger charge is 2.45. The van der Waals surface area contributed by atoms with Gasteiger partial charge in [-0.3, -0.25) is 19.3 Å². The maximum absolute atomic E-state index is 12.9. The maximum atomic E-state index is 12.9. The summed E-state index contributed by atoms with van der Waals surface area (Å²) < 4.78 is 5.10. The minimum Gasteiger partial charge on any atom is -0.466 e. The summed E-state index contributed by atoms with van der Waals surface area (Å²) in [5, 5.41) is 0.686. The van der Waals surface area contributed by atoms with Crippen LogP contribution in [-0.2, 0) is 19.1 Å². The number of hydrogen-bond acceptors (Lipinski definition) is 5. The van der Waals surface area contributed by atoms with Crippen molar-refractivity contribution in [1.82, 2.24) is 4.90 Å². The van der Waals surface area contributed by atoms with Crippen molar-refractivity contribution in [1.29, 1.82) is 0 Å². The van der Waals surface area contributed by atoms with Crippen LogP contribution in [0.4, 0.5) is 5.69 Å². The summed E-state index contributed by atoms with van der Waals surface area (Å²) in [6.07, 6.45) is 1.59. The monoisotopic (exact) mass is 398 g/mol. The Hall–Kier alpha value is -1.63. The molecule has 2 amide bonds. The lowest BCUT2D eigenvalue weighted by atomic mass is 9.96. The number of likely N-dealkylation sites (tertiary alicyclic amines) is 1. The fraction of sp³-hybridized carbons (Fsp3) is 0.500. The molecule has 0 spiro atoms. The van der Waals surface area contributed by atoms with E-state index in [9.17, 15) is 14.4 Å². The summed E-state index contributed by atoms with van der Waals surface area (Å²) in [4.78, 5) is 40.5. The van der Waals surface area contributed by atoms with Crippen molar-refractivity contribution in [3.8, 4) is 0 Å². The Labute approximate surface area is 162 Å². The van der Waals surface area contributed by atoms with Crippen LogP contribution in [0, 0.1) is 5.92 Å². The van der Waals surface area contributed by atoms with Crippen LogP contribution in [0.5, 0.6) is 0 Å². The Bertz CT molecular complexity index is 740. The molecular formula is C18H20Cl2N2O4. The van der Waals surface area contributed by atoms with Gasteiger partial charge in [-0.1, -0.05) is 23.2 Å². The molecule has 0 radical (unpaired) electrons. The van der Waals surface area contributed by atoms with E-state index in [0.717, 1.165) is 17.7 Å². The van der Waals surface area contributed by atoms with Crippen molar-refractivity contribution in [3.63, 3.8) is 0 Å². The molecule has 6 nitrogen and oxygen atoms in total. The number of carbonyl (C=O) groups excluding carboxylic acids is 3. The smallest absolute Gasteiger partial charge is 0.310 e. The van der Waals surface area contributed by atoms with E-state index in [-0.39, 0.29) is 35.1 Å². The number of nitrogens with zero attached hydrogens (tertiary/aromatic N) is 2. The van der Waals surface area contributed by atoms with Crippen LogP contribution in [-0.4, -0.2) is 48.4 Å². The highest BCUT2D eigenvalue weighted by atomic mass is 35.5. The lowest BCUT2D eigenvalue weighted by molar-refractivity contribution is -0.150.